The summed E-state index contributed by atoms with van der Waals surface area (Å²) in [5.41, 5.74) is 1.12. The Morgan fingerprint density at radius 1 is 1.12 bits per heavy atom. The molecular formula is C22H26BrCl2N3O4S. The Hall–Kier alpha value is -1.81. The van der Waals surface area contributed by atoms with Crippen LogP contribution in [-0.2, 0) is 26.2 Å². The van der Waals surface area contributed by atoms with Gasteiger partial charge in [0, 0.05) is 36.1 Å². The highest BCUT2D eigenvalue weighted by Crippen LogP contribution is 2.31. The van der Waals surface area contributed by atoms with E-state index in [9.17, 15) is 18.0 Å². The van der Waals surface area contributed by atoms with Crippen molar-refractivity contribution in [3.8, 4) is 0 Å². The van der Waals surface area contributed by atoms with E-state index in [1.165, 1.54) is 24.1 Å². The minimum atomic E-state index is -3.66. The maximum atomic E-state index is 13.1. The third-order valence-corrected chi connectivity index (χ3v) is 7.27. The van der Waals surface area contributed by atoms with Crippen LogP contribution in [0.5, 0.6) is 0 Å². The molecule has 0 bridgehead atoms. The van der Waals surface area contributed by atoms with Gasteiger partial charge in [0.1, 0.15) is 6.04 Å². The van der Waals surface area contributed by atoms with E-state index < -0.39 is 16.1 Å². The van der Waals surface area contributed by atoms with Crippen LogP contribution in [0.1, 0.15) is 25.3 Å². The third-order valence-electron chi connectivity index (χ3n) is 5.01. The zero-order chi connectivity index (χ0) is 24.8. The molecule has 0 aliphatic heterocycles. The van der Waals surface area contributed by atoms with Crippen LogP contribution < -0.4 is 9.62 Å². The van der Waals surface area contributed by atoms with Crippen LogP contribution in [0.2, 0.25) is 10.0 Å². The quantitative estimate of drug-likeness (QED) is 0.451. The Morgan fingerprint density at radius 2 is 1.76 bits per heavy atom. The molecule has 1 unspecified atom stereocenters. The summed E-state index contributed by atoms with van der Waals surface area (Å²) in [7, 11) is -2.15. The highest BCUT2D eigenvalue weighted by atomic mass is 79.9. The second-order valence-electron chi connectivity index (χ2n) is 7.47. The molecule has 2 aromatic carbocycles. The van der Waals surface area contributed by atoms with Crippen molar-refractivity contribution in [1.29, 1.82) is 0 Å². The molecule has 0 saturated carbocycles. The highest BCUT2D eigenvalue weighted by Gasteiger charge is 2.26. The van der Waals surface area contributed by atoms with Crippen LogP contribution in [0.3, 0.4) is 0 Å². The number of carbonyl (C=O) groups is 2. The number of likely N-dealkylation sites (N-methyl/N-ethyl adjacent to an activating group) is 1. The van der Waals surface area contributed by atoms with Crippen LogP contribution in [0.25, 0.3) is 0 Å². The van der Waals surface area contributed by atoms with Crippen molar-refractivity contribution < 1.29 is 18.0 Å². The molecule has 0 aliphatic carbocycles. The number of rotatable bonds is 10. The predicted molar refractivity (Wildman–Crippen MR) is 136 cm³/mol. The van der Waals surface area contributed by atoms with E-state index in [1.807, 2.05) is 24.3 Å². The van der Waals surface area contributed by atoms with Gasteiger partial charge in [-0.2, -0.15) is 0 Å². The molecule has 0 aromatic heterocycles. The molecule has 0 heterocycles. The number of sulfonamides is 1. The zero-order valence-corrected chi connectivity index (χ0v) is 22.4. The number of amides is 2. The molecule has 2 aromatic rings. The first-order valence-corrected chi connectivity index (χ1v) is 13.5. The molecule has 11 heteroatoms. The number of anilines is 1. The largest absolute Gasteiger partial charge is 0.357 e. The van der Waals surface area contributed by atoms with Gasteiger partial charge in [-0.05, 0) is 49.2 Å². The standard InChI is InChI=1S/C22H26BrCl2N3O4S/c1-15(22(30)26-2)27(14-16-6-8-17(23)9-7-16)21(29)5-4-12-28(33(3,31)32)20-13-18(24)10-11-19(20)25/h6-11,13,15H,4-5,12,14H2,1-3H3,(H,26,30). The molecule has 1 atom stereocenters. The zero-order valence-electron chi connectivity index (χ0n) is 18.5. The van der Waals surface area contributed by atoms with E-state index in [0.29, 0.717) is 5.02 Å². The molecule has 2 rings (SSSR count). The SMILES string of the molecule is CNC(=O)C(C)N(Cc1ccc(Br)cc1)C(=O)CCCN(c1cc(Cl)ccc1Cl)S(C)(=O)=O. The van der Waals surface area contributed by atoms with Crippen LogP contribution in [0.15, 0.2) is 46.9 Å². The Bertz CT molecular complexity index is 1100. The minimum Gasteiger partial charge on any atom is -0.357 e. The number of carbonyl (C=O) groups excluding carboxylic acids is 2. The van der Waals surface area contributed by atoms with E-state index in [2.05, 4.69) is 21.2 Å². The lowest BCUT2D eigenvalue weighted by Crippen LogP contribution is -2.46. The van der Waals surface area contributed by atoms with Crippen molar-refractivity contribution in [2.75, 3.05) is 24.2 Å². The average molecular weight is 579 g/mol. The molecule has 2 amide bonds. The summed E-state index contributed by atoms with van der Waals surface area (Å²) in [5.74, 6) is -0.552. The smallest absolute Gasteiger partial charge is 0.242 e. The molecule has 180 valence electrons. The fraction of sp³-hybridized carbons (Fsp3) is 0.364. The van der Waals surface area contributed by atoms with Gasteiger partial charge >= 0.3 is 0 Å². The number of halogens is 3. The Morgan fingerprint density at radius 3 is 2.33 bits per heavy atom. The van der Waals surface area contributed by atoms with Crippen LogP contribution >= 0.6 is 39.1 Å². The van der Waals surface area contributed by atoms with Gasteiger partial charge in [-0.1, -0.05) is 51.3 Å². The summed E-state index contributed by atoms with van der Waals surface area (Å²) in [4.78, 5) is 26.8. The van der Waals surface area contributed by atoms with Gasteiger partial charge in [0.05, 0.1) is 17.0 Å². The molecular weight excluding hydrogens is 553 g/mol. The Labute approximate surface area is 213 Å². The number of hydrogen-bond donors (Lipinski definition) is 1. The number of nitrogens with one attached hydrogen (secondary N) is 1. The van der Waals surface area contributed by atoms with E-state index in [1.54, 1.807) is 13.0 Å². The lowest BCUT2D eigenvalue weighted by atomic mass is 10.1. The van der Waals surface area contributed by atoms with Crippen LogP contribution in [-0.4, -0.2) is 51.0 Å². The van der Waals surface area contributed by atoms with Crippen LogP contribution in [0.4, 0.5) is 5.69 Å². The Balaban J connectivity index is 2.17. The first-order chi connectivity index (χ1) is 15.4. The number of benzene rings is 2. The second-order valence-corrected chi connectivity index (χ2v) is 11.1. The van der Waals surface area contributed by atoms with Gasteiger partial charge in [0.2, 0.25) is 21.8 Å². The lowest BCUT2D eigenvalue weighted by molar-refractivity contribution is -0.140. The van der Waals surface area contributed by atoms with Crippen molar-refractivity contribution in [2.24, 2.45) is 0 Å². The number of nitrogens with zero attached hydrogens (tertiary/aromatic N) is 2. The van der Waals surface area contributed by atoms with Crippen molar-refractivity contribution in [3.05, 3.63) is 62.5 Å². The third kappa shape index (κ3) is 7.88. The van der Waals surface area contributed by atoms with Gasteiger partial charge in [-0.25, -0.2) is 8.42 Å². The van der Waals surface area contributed by atoms with Gasteiger partial charge in [0.15, 0.2) is 0 Å². The average Bonchev–Trinajstić information content (AvgIpc) is 2.76. The van der Waals surface area contributed by atoms with Gasteiger partial charge < -0.3 is 10.2 Å². The van der Waals surface area contributed by atoms with Crippen molar-refractivity contribution in [2.45, 2.75) is 32.4 Å². The van der Waals surface area contributed by atoms with Gasteiger partial charge in [0.25, 0.3) is 0 Å². The molecule has 7 nitrogen and oxygen atoms in total. The van der Waals surface area contributed by atoms with Crippen LogP contribution in [0, 0.1) is 0 Å². The molecule has 1 N–H and O–H groups in total. The van der Waals surface area contributed by atoms with Gasteiger partial charge in [-0.3, -0.25) is 13.9 Å². The molecule has 0 spiro atoms. The normalized spacial score (nSPS) is 12.2. The molecule has 0 fully saturated rings. The lowest BCUT2D eigenvalue weighted by Gasteiger charge is -2.29. The fourth-order valence-electron chi connectivity index (χ4n) is 3.24. The summed E-state index contributed by atoms with van der Waals surface area (Å²) in [6, 6.07) is 11.3. The second kappa shape index (κ2) is 12.1. The van der Waals surface area contributed by atoms with Crippen molar-refractivity contribution in [3.63, 3.8) is 0 Å². The van der Waals surface area contributed by atoms with E-state index in [4.69, 9.17) is 23.2 Å². The first-order valence-electron chi connectivity index (χ1n) is 10.1. The monoisotopic (exact) mass is 577 g/mol. The molecule has 0 aliphatic rings. The van der Waals surface area contributed by atoms with E-state index in [-0.39, 0.29) is 48.5 Å². The van der Waals surface area contributed by atoms with Crippen molar-refractivity contribution >= 4 is 66.7 Å². The minimum absolute atomic E-state index is 0.0329. The summed E-state index contributed by atoms with van der Waals surface area (Å²) in [5, 5.41) is 3.15. The summed E-state index contributed by atoms with van der Waals surface area (Å²) >= 11 is 15.6. The maximum absolute atomic E-state index is 13.1. The summed E-state index contributed by atoms with van der Waals surface area (Å²) < 4.78 is 26.8. The topological polar surface area (TPSA) is 86.8 Å². The number of hydrogen-bond acceptors (Lipinski definition) is 4. The Kier molecular flexibility index (Phi) is 10.0. The van der Waals surface area contributed by atoms with E-state index >= 15 is 0 Å². The van der Waals surface area contributed by atoms with E-state index in [0.717, 1.165) is 20.6 Å². The molecule has 0 saturated heterocycles. The van der Waals surface area contributed by atoms with Crippen molar-refractivity contribution in [1.82, 2.24) is 10.2 Å². The fourth-order valence-corrected chi connectivity index (χ4v) is 4.91. The predicted octanol–water partition coefficient (Wildman–Crippen LogP) is 4.47. The van der Waals surface area contributed by atoms with Gasteiger partial charge in [-0.15, -0.1) is 0 Å². The molecule has 33 heavy (non-hydrogen) atoms. The maximum Gasteiger partial charge on any atom is 0.242 e. The molecule has 0 radical (unpaired) electrons. The summed E-state index contributed by atoms with van der Waals surface area (Å²) in [6.45, 7) is 1.94. The summed E-state index contributed by atoms with van der Waals surface area (Å²) in [6.07, 6.45) is 1.34. The highest BCUT2D eigenvalue weighted by molar-refractivity contribution is 9.10. The first kappa shape index (κ1) is 27.4.